The second kappa shape index (κ2) is 4.08. The van der Waals surface area contributed by atoms with E-state index in [4.69, 9.17) is 0 Å². The first-order chi connectivity index (χ1) is 7.63. The van der Waals surface area contributed by atoms with E-state index in [1.807, 2.05) is 0 Å². The van der Waals surface area contributed by atoms with Crippen molar-refractivity contribution in [3.05, 3.63) is 29.3 Å². The molecule has 1 N–H and O–H groups in total. The predicted octanol–water partition coefficient (Wildman–Crippen LogP) is 2.04. The minimum absolute atomic E-state index is 0.197. The molecule has 0 aromatic heterocycles. The van der Waals surface area contributed by atoms with Crippen LogP contribution >= 0.6 is 0 Å². The van der Waals surface area contributed by atoms with Gasteiger partial charge in [0, 0.05) is 12.6 Å². The molecule has 0 saturated carbocycles. The van der Waals surface area contributed by atoms with Crippen molar-refractivity contribution in [3.8, 4) is 0 Å². The van der Waals surface area contributed by atoms with E-state index in [0.717, 1.165) is 6.07 Å². The van der Waals surface area contributed by atoms with Crippen LogP contribution in [0, 0.1) is 11.6 Å². The highest BCUT2D eigenvalue weighted by Gasteiger charge is 2.29. The van der Waals surface area contributed by atoms with Gasteiger partial charge in [0.1, 0.15) is 11.6 Å². The molecule has 1 aromatic carbocycles. The SMILES string of the molecule is COC(=O)C1CCNc2c(F)cc(F)cc21. The molecule has 0 spiro atoms. The zero-order valence-corrected chi connectivity index (χ0v) is 8.72. The summed E-state index contributed by atoms with van der Waals surface area (Å²) in [6.07, 6.45) is 0.475. The molecular formula is C11H11F2NO2. The van der Waals surface area contributed by atoms with Gasteiger partial charge < -0.3 is 10.1 Å². The van der Waals surface area contributed by atoms with Crippen LogP contribution in [0.1, 0.15) is 17.9 Å². The molecule has 1 atom stereocenters. The van der Waals surface area contributed by atoms with Crippen LogP contribution in [-0.4, -0.2) is 19.6 Å². The van der Waals surface area contributed by atoms with Crippen LogP contribution in [0.25, 0.3) is 0 Å². The fourth-order valence-corrected chi connectivity index (χ4v) is 1.94. The van der Waals surface area contributed by atoms with E-state index in [-0.39, 0.29) is 5.69 Å². The zero-order chi connectivity index (χ0) is 11.7. The van der Waals surface area contributed by atoms with Crippen molar-refractivity contribution in [1.29, 1.82) is 0 Å². The number of methoxy groups -OCH3 is 1. The summed E-state index contributed by atoms with van der Waals surface area (Å²) in [6.45, 7) is 0.468. The van der Waals surface area contributed by atoms with E-state index in [1.54, 1.807) is 0 Å². The van der Waals surface area contributed by atoms with E-state index in [2.05, 4.69) is 10.1 Å². The number of benzene rings is 1. The Labute approximate surface area is 91.4 Å². The lowest BCUT2D eigenvalue weighted by Crippen LogP contribution is -2.24. The molecule has 0 radical (unpaired) electrons. The lowest BCUT2D eigenvalue weighted by atomic mass is 9.91. The van der Waals surface area contributed by atoms with Gasteiger partial charge in [-0.2, -0.15) is 0 Å². The molecule has 1 aliphatic heterocycles. The van der Waals surface area contributed by atoms with Crippen molar-refractivity contribution >= 4 is 11.7 Å². The van der Waals surface area contributed by atoms with Crippen LogP contribution in [0.5, 0.6) is 0 Å². The Kier molecular flexibility index (Phi) is 2.77. The van der Waals surface area contributed by atoms with Crippen molar-refractivity contribution in [2.45, 2.75) is 12.3 Å². The highest BCUT2D eigenvalue weighted by atomic mass is 19.1. The van der Waals surface area contributed by atoms with Gasteiger partial charge in [0.05, 0.1) is 18.7 Å². The molecule has 3 nitrogen and oxygen atoms in total. The van der Waals surface area contributed by atoms with Gasteiger partial charge in [0.25, 0.3) is 0 Å². The average Bonchev–Trinajstić information content (AvgIpc) is 2.27. The third kappa shape index (κ3) is 1.73. The summed E-state index contributed by atoms with van der Waals surface area (Å²) >= 11 is 0. The molecule has 0 aliphatic carbocycles. The Balaban J connectivity index is 2.49. The van der Waals surface area contributed by atoms with Crippen molar-refractivity contribution in [2.75, 3.05) is 19.0 Å². The first kappa shape index (κ1) is 10.9. The highest BCUT2D eigenvalue weighted by molar-refractivity contribution is 5.81. The molecule has 1 heterocycles. The molecule has 2 rings (SSSR count). The number of hydrogen-bond acceptors (Lipinski definition) is 3. The van der Waals surface area contributed by atoms with Crippen molar-refractivity contribution in [2.24, 2.45) is 0 Å². The Hall–Kier alpha value is -1.65. The number of halogens is 2. The number of esters is 1. The molecule has 1 aliphatic rings. The number of rotatable bonds is 1. The van der Waals surface area contributed by atoms with E-state index in [0.29, 0.717) is 18.5 Å². The topological polar surface area (TPSA) is 38.3 Å². The molecule has 0 bridgehead atoms. The molecule has 0 amide bonds. The van der Waals surface area contributed by atoms with Gasteiger partial charge in [-0.3, -0.25) is 4.79 Å². The van der Waals surface area contributed by atoms with Gasteiger partial charge in [0.2, 0.25) is 0 Å². The van der Waals surface area contributed by atoms with Gasteiger partial charge in [-0.1, -0.05) is 0 Å². The van der Waals surface area contributed by atoms with Crippen LogP contribution < -0.4 is 5.32 Å². The third-order valence-electron chi connectivity index (χ3n) is 2.68. The normalized spacial score (nSPS) is 18.6. The lowest BCUT2D eigenvalue weighted by Gasteiger charge is -2.25. The molecule has 1 aromatic rings. The molecular weight excluding hydrogens is 216 g/mol. The van der Waals surface area contributed by atoms with E-state index in [1.165, 1.54) is 13.2 Å². The molecule has 86 valence electrons. The van der Waals surface area contributed by atoms with Gasteiger partial charge in [0.15, 0.2) is 0 Å². The predicted molar refractivity (Wildman–Crippen MR) is 54.2 cm³/mol. The largest absolute Gasteiger partial charge is 0.469 e. The second-order valence-electron chi connectivity index (χ2n) is 3.64. The fourth-order valence-electron chi connectivity index (χ4n) is 1.94. The summed E-state index contributed by atoms with van der Waals surface area (Å²) in [4.78, 5) is 11.5. The van der Waals surface area contributed by atoms with Crippen LogP contribution in [-0.2, 0) is 9.53 Å². The Morgan fingerprint density at radius 3 is 2.94 bits per heavy atom. The van der Waals surface area contributed by atoms with Crippen LogP contribution in [0.2, 0.25) is 0 Å². The number of ether oxygens (including phenoxy) is 1. The Morgan fingerprint density at radius 2 is 2.25 bits per heavy atom. The standard InChI is InChI=1S/C11H11F2NO2/c1-16-11(15)7-2-3-14-10-8(7)4-6(12)5-9(10)13/h4-5,7,14H,2-3H2,1H3. The number of anilines is 1. The van der Waals surface area contributed by atoms with Gasteiger partial charge in [-0.15, -0.1) is 0 Å². The average molecular weight is 227 g/mol. The Morgan fingerprint density at radius 1 is 1.50 bits per heavy atom. The molecule has 1 unspecified atom stereocenters. The summed E-state index contributed by atoms with van der Waals surface area (Å²) in [7, 11) is 1.26. The molecule has 0 saturated heterocycles. The van der Waals surface area contributed by atoms with Crippen molar-refractivity contribution in [3.63, 3.8) is 0 Å². The first-order valence-corrected chi connectivity index (χ1v) is 4.94. The van der Waals surface area contributed by atoms with Gasteiger partial charge in [-0.05, 0) is 18.1 Å². The quantitative estimate of drug-likeness (QED) is 0.746. The third-order valence-corrected chi connectivity index (χ3v) is 2.68. The zero-order valence-electron chi connectivity index (χ0n) is 8.72. The number of hydrogen-bond donors (Lipinski definition) is 1. The van der Waals surface area contributed by atoms with Crippen molar-refractivity contribution < 1.29 is 18.3 Å². The van der Waals surface area contributed by atoms with Crippen molar-refractivity contribution in [1.82, 2.24) is 0 Å². The monoisotopic (exact) mass is 227 g/mol. The van der Waals surface area contributed by atoms with Crippen LogP contribution in [0.15, 0.2) is 12.1 Å². The number of nitrogens with one attached hydrogen (secondary N) is 1. The van der Waals surface area contributed by atoms with E-state index in [9.17, 15) is 13.6 Å². The summed E-state index contributed by atoms with van der Waals surface area (Å²) in [5, 5.41) is 2.82. The maximum atomic E-state index is 13.4. The summed E-state index contributed by atoms with van der Waals surface area (Å²) in [5.74, 6) is -2.42. The van der Waals surface area contributed by atoms with Crippen LogP contribution in [0.4, 0.5) is 14.5 Å². The van der Waals surface area contributed by atoms with E-state index >= 15 is 0 Å². The number of carbonyl (C=O) groups excluding carboxylic acids is 1. The van der Waals surface area contributed by atoms with Gasteiger partial charge >= 0.3 is 5.97 Å². The summed E-state index contributed by atoms with van der Waals surface area (Å²) < 4.78 is 31.1. The fraction of sp³-hybridized carbons (Fsp3) is 0.364. The summed E-state index contributed by atoms with van der Waals surface area (Å²) in [6, 6.07) is 1.97. The minimum Gasteiger partial charge on any atom is -0.469 e. The first-order valence-electron chi connectivity index (χ1n) is 4.94. The number of carbonyl (C=O) groups is 1. The summed E-state index contributed by atoms with van der Waals surface area (Å²) in [5.41, 5.74) is 0.527. The minimum atomic E-state index is -0.686. The second-order valence-corrected chi connectivity index (χ2v) is 3.64. The Bertz CT molecular complexity index is 434. The number of fused-ring (bicyclic) bond motifs is 1. The molecule has 16 heavy (non-hydrogen) atoms. The highest BCUT2D eigenvalue weighted by Crippen LogP contribution is 2.34. The van der Waals surface area contributed by atoms with Gasteiger partial charge in [-0.25, -0.2) is 8.78 Å². The smallest absolute Gasteiger partial charge is 0.313 e. The molecule has 0 fully saturated rings. The lowest BCUT2D eigenvalue weighted by molar-refractivity contribution is -0.142. The van der Waals surface area contributed by atoms with E-state index < -0.39 is 23.5 Å². The molecule has 5 heteroatoms. The maximum Gasteiger partial charge on any atom is 0.313 e. The van der Waals surface area contributed by atoms with Crippen LogP contribution in [0.3, 0.4) is 0 Å². The maximum absolute atomic E-state index is 13.4.